The van der Waals surface area contributed by atoms with Crippen LogP contribution in [0, 0.1) is 17.1 Å². The van der Waals surface area contributed by atoms with E-state index in [1.807, 2.05) is 31.7 Å². The third kappa shape index (κ3) is 5.90. The molecule has 1 aliphatic heterocycles. The van der Waals surface area contributed by atoms with Gasteiger partial charge in [0.25, 0.3) is 5.91 Å². The van der Waals surface area contributed by atoms with Gasteiger partial charge in [0.05, 0.1) is 16.8 Å². The number of pyridine rings is 1. The number of carbonyl (C=O) groups is 2. The van der Waals surface area contributed by atoms with Crippen molar-refractivity contribution in [3.63, 3.8) is 0 Å². The van der Waals surface area contributed by atoms with Crippen LogP contribution in [0.25, 0.3) is 11.3 Å². The lowest BCUT2D eigenvalue weighted by molar-refractivity contribution is 0.0240. The Balaban J connectivity index is 1.64. The maximum Gasteiger partial charge on any atom is 0.410 e. The number of aromatic nitrogens is 1. The molecule has 10 heteroatoms. The van der Waals surface area contributed by atoms with Crippen molar-refractivity contribution in [3.8, 4) is 17.3 Å². The minimum absolute atomic E-state index is 0.0520. The van der Waals surface area contributed by atoms with Crippen LogP contribution in [0.15, 0.2) is 28.7 Å². The predicted molar refractivity (Wildman–Crippen MR) is 133 cm³/mol. The van der Waals surface area contributed by atoms with Crippen molar-refractivity contribution >= 4 is 33.7 Å². The molecule has 0 bridgehead atoms. The van der Waals surface area contributed by atoms with E-state index in [-0.39, 0.29) is 23.6 Å². The number of anilines is 1. The van der Waals surface area contributed by atoms with Crippen LogP contribution in [0.3, 0.4) is 0 Å². The van der Waals surface area contributed by atoms with Crippen LogP contribution in [0.4, 0.5) is 15.0 Å². The summed E-state index contributed by atoms with van der Waals surface area (Å²) in [5.74, 6) is -0.389. The van der Waals surface area contributed by atoms with E-state index in [2.05, 4.69) is 21.2 Å². The van der Waals surface area contributed by atoms with Crippen molar-refractivity contribution < 1.29 is 18.7 Å². The molecule has 1 saturated heterocycles. The molecule has 2 aromatic rings. The second-order valence-corrected chi connectivity index (χ2v) is 10.6. The highest BCUT2D eigenvalue weighted by atomic mass is 79.9. The number of nitriles is 1. The van der Waals surface area contributed by atoms with Gasteiger partial charge in [-0.1, -0.05) is 6.07 Å². The molecule has 2 heterocycles. The second-order valence-electron chi connectivity index (χ2n) is 9.70. The van der Waals surface area contributed by atoms with Crippen LogP contribution < -0.4 is 10.2 Å². The first-order valence-corrected chi connectivity index (χ1v) is 12.3. The van der Waals surface area contributed by atoms with E-state index in [0.29, 0.717) is 53.3 Å². The summed E-state index contributed by atoms with van der Waals surface area (Å²) >= 11 is 3.49. The van der Waals surface area contributed by atoms with E-state index in [4.69, 9.17) is 15.0 Å². The first-order valence-electron chi connectivity index (χ1n) is 11.5. The Morgan fingerprint density at radius 1 is 1.20 bits per heavy atom. The molecule has 0 atom stereocenters. The van der Waals surface area contributed by atoms with Gasteiger partial charge in [0, 0.05) is 42.3 Å². The number of piperazine rings is 1. The van der Waals surface area contributed by atoms with Crippen molar-refractivity contribution in [2.75, 3.05) is 31.1 Å². The fourth-order valence-corrected chi connectivity index (χ4v) is 4.31. The standard InChI is InChI=1S/C25H27BrFN5O3/c1-25(2,3)35-24(34)32-10-8-31(9-11-32)22-18(23(33)29-17-6-7-17)13-19(26)21(30-22)15-4-5-16(14-28)20(27)12-15/h4-5,12-13,17H,6-11H2,1-3H3,(H,29,33). The minimum atomic E-state index is -0.637. The van der Waals surface area contributed by atoms with Crippen molar-refractivity contribution in [1.29, 1.82) is 5.26 Å². The zero-order valence-electron chi connectivity index (χ0n) is 19.9. The van der Waals surface area contributed by atoms with Crippen LogP contribution in [0.2, 0.25) is 0 Å². The smallest absolute Gasteiger partial charge is 0.410 e. The minimum Gasteiger partial charge on any atom is -0.444 e. The van der Waals surface area contributed by atoms with E-state index in [0.717, 1.165) is 12.8 Å². The number of ether oxygens (including phenoxy) is 1. The number of hydrogen-bond acceptors (Lipinski definition) is 6. The lowest BCUT2D eigenvalue weighted by Crippen LogP contribution is -2.50. The van der Waals surface area contributed by atoms with Crippen molar-refractivity contribution in [2.45, 2.75) is 45.3 Å². The van der Waals surface area contributed by atoms with Crippen LogP contribution in [0.5, 0.6) is 0 Å². The molecule has 2 amide bonds. The predicted octanol–water partition coefficient (Wildman–Crippen LogP) is 4.47. The number of nitrogens with one attached hydrogen (secondary N) is 1. The van der Waals surface area contributed by atoms with Gasteiger partial charge in [-0.2, -0.15) is 5.26 Å². The van der Waals surface area contributed by atoms with Crippen LogP contribution in [-0.4, -0.2) is 59.7 Å². The van der Waals surface area contributed by atoms with Crippen molar-refractivity contribution in [1.82, 2.24) is 15.2 Å². The molecule has 2 aliphatic rings. The van der Waals surface area contributed by atoms with Gasteiger partial charge in [-0.15, -0.1) is 0 Å². The summed E-state index contributed by atoms with van der Waals surface area (Å²) in [5.41, 5.74) is 0.717. The lowest BCUT2D eigenvalue weighted by atomic mass is 10.1. The van der Waals surface area contributed by atoms with Gasteiger partial charge in [-0.3, -0.25) is 4.79 Å². The van der Waals surface area contributed by atoms with E-state index in [9.17, 15) is 14.0 Å². The molecule has 1 N–H and O–H groups in total. The zero-order chi connectivity index (χ0) is 25.3. The van der Waals surface area contributed by atoms with Crippen molar-refractivity contribution in [3.05, 3.63) is 45.7 Å². The Labute approximate surface area is 212 Å². The molecule has 1 aromatic heterocycles. The molecule has 2 fully saturated rings. The SMILES string of the molecule is CC(C)(C)OC(=O)N1CCN(c2nc(-c3ccc(C#N)c(F)c3)c(Br)cc2C(=O)NC2CC2)CC1. The van der Waals surface area contributed by atoms with Gasteiger partial charge in [0.1, 0.15) is 23.3 Å². The van der Waals surface area contributed by atoms with E-state index in [1.165, 1.54) is 12.1 Å². The third-order valence-electron chi connectivity index (χ3n) is 5.71. The number of benzene rings is 1. The molecule has 0 radical (unpaired) electrons. The summed E-state index contributed by atoms with van der Waals surface area (Å²) < 4.78 is 20.3. The molecular formula is C25H27BrFN5O3. The summed E-state index contributed by atoms with van der Waals surface area (Å²) in [6.45, 7) is 7.22. The van der Waals surface area contributed by atoms with Gasteiger partial charge < -0.3 is 19.9 Å². The van der Waals surface area contributed by atoms with E-state index >= 15 is 0 Å². The van der Waals surface area contributed by atoms with Crippen LogP contribution in [0.1, 0.15) is 49.5 Å². The highest BCUT2D eigenvalue weighted by Crippen LogP contribution is 2.34. The molecule has 0 unspecified atom stereocenters. The Kier molecular flexibility index (Phi) is 6.99. The Morgan fingerprint density at radius 3 is 2.46 bits per heavy atom. The largest absolute Gasteiger partial charge is 0.444 e. The number of halogens is 2. The summed E-state index contributed by atoms with van der Waals surface area (Å²) in [7, 11) is 0. The number of amides is 2. The normalized spacial score (nSPS) is 16.0. The average molecular weight is 544 g/mol. The van der Waals surface area contributed by atoms with Crippen LogP contribution in [-0.2, 0) is 4.74 Å². The lowest BCUT2D eigenvalue weighted by Gasteiger charge is -2.37. The Hall–Kier alpha value is -3.19. The average Bonchev–Trinajstić information content (AvgIpc) is 3.62. The molecule has 1 aliphatic carbocycles. The third-order valence-corrected chi connectivity index (χ3v) is 6.31. The molecule has 0 spiro atoms. The summed E-state index contributed by atoms with van der Waals surface area (Å²) in [5, 5.41) is 12.0. The Morgan fingerprint density at radius 2 is 1.89 bits per heavy atom. The number of nitrogens with zero attached hydrogens (tertiary/aromatic N) is 4. The van der Waals surface area contributed by atoms with Crippen molar-refractivity contribution in [2.24, 2.45) is 0 Å². The van der Waals surface area contributed by atoms with Crippen LogP contribution >= 0.6 is 15.9 Å². The quantitative estimate of drug-likeness (QED) is 0.610. The summed E-state index contributed by atoms with van der Waals surface area (Å²) in [6.07, 6.45) is 1.53. The molecule has 184 valence electrons. The summed E-state index contributed by atoms with van der Waals surface area (Å²) in [4.78, 5) is 33.9. The molecule has 35 heavy (non-hydrogen) atoms. The maximum absolute atomic E-state index is 14.3. The monoisotopic (exact) mass is 543 g/mol. The van der Waals surface area contributed by atoms with E-state index in [1.54, 1.807) is 17.0 Å². The molecule has 4 rings (SSSR count). The molecule has 1 saturated carbocycles. The van der Waals surface area contributed by atoms with Gasteiger partial charge >= 0.3 is 6.09 Å². The topological polar surface area (TPSA) is 98.6 Å². The second kappa shape index (κ2) is 9.82. The fraction of sp³-hybridized carbons (Fsp3) is 0.440. The molecular weight excluding hydrogens is 517 g/mol. The number of carbonyl (C=O) groups excluding carboxylic acids is 2. The Bertz CT molecular complexity index is 1190. The molecule has 8 nitrogen and oxygen atoms in total. The van der Waals surface area contributed by atoms with Gasteiger partial charge in [0.2, 0.25) is 0 Å². The maximum atomic E-state index is 14.3. The highest BCUT2D eigenvalue weighted by molar-refractivity contribution is 9.10. The van der Waals surface area contributed by atoms with Gasteiger partial charge in [-0.25, -0.2) is 14.2 Å². The first-order chi connectivity index (χ1) is 16.6. The van der Waals surface area contributed by atoms with Gasteiger partial charge in [0.15, 0.2) is 0 Å². The van der Waals surface area contributed by atoms with Gasteiger partial charge in [-0.05, 0) is 67.7 Å². The van der Waals surface area contributed by atoms with E-state index < -0.39 is 11.4 Å². The first kappa shape index (κ1) is 24.9. The fourth-order valence-electron chi connectivity index (χ4n) is 3.76. The number of hydrogen-bond donors (Lipinski definition) is 1. The highest BCUT2D eigenvalue weighted by Gasteiger charge is 2.31. The number of rotatable bonds is 4. The molecule has 1 aromatic carbocycles. The summed E-state index contributed by atoms with van der Waals surface area (Å²) in [6, 6.07) is 7.99. The zero-order valence-corrected chi connectivity index (χ0v) is 21.5.